The Balaban J connectivity index is 0.000000645. The summed E-state index contributed by atoms with van der Waals surface area (Å²) in [5.41, 5.74) is 2.20. The minimum atomic E-state index is 0.213. The normalized spacial score (nSPS) is 53.2. The van der Waals surface area contributed by atoms with Crippen LogP contribution < -0.4 is 0 Å². The van der Waals surface area contributed by atoms with Crippen molar-refractivity contribution < 1.29 is 0 Å². The fraction of sp³-hybridized carbons (Fsp3) is 1.00. The van der Waals surface area contributed by atoms with Crippen LogP contribution in [0.25, 0.3) is 0 Å². The van der Waals surface area contributed by atoms with E-state index in [0.29, 0.717) is 30.5 Å². The van der Waals surface area contributed by atoms with Gasteiger partial charge in [-0.25, -0.2) is 0 Å². The second-order valence-electron chi connectivity index (χ2n) is 13.3. The topological polar surface area (TPSA) is 0 Å². The van der Waals surface area contributed by atoms with E-state index in [4.69, 9.17) is 0 Å². The first kappa shape index (κ1) is 26.6. The van der Waals surface area contributed by atoms with Crippen molar-refractivity contribution in [2.45, 2.75) is 102 Å². The Kier molecular flexibility index (Phi) is 6.54. The first-order valence-corrected chi connectivity index (χ1v) is 32.4. The summed E-state index contributed by atoms with van der Waals surface area (Å²) < 4.78 is 3.35. The first-order valence-electron chi connectivity index (χ1n) is 10.6. The van der Waals surface area contributed by atoms with E-state index in [2.05, 4.69) is 124 Å². The van der Waals surface area contributed by atoms with Crippen molar-refractivity contribution >= 4 is 96.8 Å². The molecule has 0 nitrogen and oxygen atoms in total. The fourth-order valence-corrected chi connectivity index (χ4v) is 75.4. The van der Waals surface area contributed by atoms with E-state index >= 15 is 0 Å². The monoisotopic (exact) mass is 792 g/mol. The molecular formula is C20H38GeI2P6. The second kappa shape index (κ2) is 7.12. The van der Waals surface area contributed by atoms with Gasteiger partial charge in [0.2, 0.25) is 0 Å². The number of hydrogen-bond acceptors (Lipinski definition) is 0. The van der Waals surface area contributed by atoms with E-state index < -0.39 is 0 Å². The molecule has 0 aromatic heterocycles. The zero-order valence-electron chi connectivity index (χ0n) is 20.0. The van der Waals surface area contributed by atoms with Crippen LogP contribution in [-0.4, -0.2) is 27.4 Å². The van der Waals surface area contributed by atoms with E-state index in [1.807, 2.05) is 0 Å². The van der Waals surface area contributed by atoms with Crippen LogP contribution in [0.15, 0.2) is 0 Å². The predicted molar refractivity (Wildman–Crippen MR) is 167 cm³/mol. The van der Waals surface area contributed by atoms with Crippen molar-refractivity contribution in [1.82, 2.24) is 0 Å². The molecule has 9 heteroatoms. The van der Waals surface area contributed by atoms with E-state index in [9.17, 15) is 0 Å². The summed E-state index contributed by atoms with van der Waals surface area (Å²) in [6.45, 7) is 31.9. The van der Waals surface area contributed by atoms with Gasteiger partial charge in [0.05, 0.1) is 0 Å². The third kappa shape index (κ3) is 2.49. The van der Waals surface area contributed by atoms with Crippen LogP contribution in [-0.2, 0) is 0 Å². The predicted octanol–water partition coefficient (Wildman–Crippen LogP) is 11.4. The third-order valence-electron chi connectivity index (χ3n) is 7.80. The van der Waals surface area contributed by atoms with E-state index in [0.717, 1.165) is 18.6 Å². The molecule has 5 aliphatic rings. The molecule has 166 valence electrons. The van der Waals surface area contributed by atoms with Gasteiger partial charge in [-0.2, -0.15) is 0 Å². The molecule has 5 heterocycles. The van der Waals surface area contributed by atoms with Crippen molar-refractivity contribution in [2.24, 2.45) is 21.7 Å². The fourth-order valence-electron chi connectivity index (χ4n) is 6.97. The molecule has 0 aliphatic carbocycles. The molecular weight excluding hydrogens is 752 g/mol. The summed E-state index contributed by atoms with van der Waals surface area (Å²) in [7, 11) is 4.08. The summed E-state index contributed by atoms with van der Waals surface area (Å²) in [6, 6.07) is 0. The van der Waals surface area contributed by atoms with Gasteiger partial charge in [-0.15, -0.1) is 0 Å². The Morgan fingerprint density at radius 3 is 0.966 bits per heavy atom. The van der Waals surface area contributed by atoms with Crippen LogP contribution in [0.2, 0.25) is 0 Å². The number of halogens is 2. The van der Waals surface area contributed by atoms with Crippen LogP contribution in [0.4, 0.5) is 0 Å². The van der Waals surface area contributed by atoms with Crippen molar-refractivity contribution in [3.8, 4) is 0 Å². The van der Waals surface area contributed by atoms with Gasteiger partial charge in [0, 0.05) is 18.6 Å². The Bertz CT molecular complexity index is 678. The molecule has 0 amide bonds. The molecule has 2 radical (unpaired) electrons. The standard InChI is InChI=1S/C20H38P6.GeI2/c1-13(2,3)17-21-26-18(14(4,5)6)22-25(17)19(15(7,8)9)23(17)20(26,24(18)19)16(10,11)12;2-1-3/h21-22H,1-12H3;/t17-,18-,19?,20?,23?,24?,25+,26+;/m0./s1. The van der Waals surface area contributed by atoms with Gasteiger partial charge in [0.1, 0.15) is 0 Å². The summed E-state index contributed by atoms with van der Waals surface area (Å²) >= 11 is 4.80. The molecule has 0 spiro atoms. The molecule has 0 aromatic carbocycles. The molecule has 5 aliphatic heterocycles. The molecule has 0 N–H and O–H groups in total. The van der Waals surface area contributed by atoms with Crippen LogP contribution in [0.5, 0.6) is 0 Å². The summed E-state index contributed by atoms with van der Waals surface area (Å²) in [5, 5.41) is 0. The van der Waals surface area contributed by atoms with Crippen molar-refractivity contribution in [3.63, 3.8) is 0 Å². The SMILES string of the molecule is CC(C)(C)C12P3C4(C(C)(C)C)P1[C@]1(C(C)(C)C)P[P@]2[C@@]3(C(C)(C)C)P[P@@]41.[I][Ge][I]. The molecule has 2 unspecified atom stereocenters. The van der Waals surface area contributed by atoms with Crippen LogP contribution in [0, 0.1) is 21.7 Å². The Hall–Kier alpha value is 4.58. The summed E-state index contributed by atoms with van der Waals surface area (Å²) in [5.74, 6) is 0. The van der Waals surface area contributed by atoms with Gasteiger partial charge in [0.15, 0.2) is 0 Å². The van der Waals surface area contributed by atoms with Crippen LogP contribution >= 0.6 is 88.0 Å². The molecule has 0 aromatic rings. The number of rotatable bonds is 0. The van der Waals surface area contributed by atoms with Crippen LogP contribution in [0.3, 0.4) is 0 Å². The molecule has 5 fully saturated rings. The molecule has 29 heavy (non-hydrogen) atoms. The van der Waals surface area contributed by atoms with Gasteiger partial charge < -0.3 is 0 Å². The molecule has 0 saturated carbocycles. The van der Waals surface area contributed by atoms with E-state index in [1.54, 1.807) is 0 Å². The molecule has 5 rings (SSSR count). The Morgan fingerprint density at radius 1 is 0.552 bits per heavy atom. The van der Waals surface area contributed by atoms with Crippen molar-refractivity contribution in [2.75, 3.05) is 0 Å². The van der Waals surface area contributed by atoms with Gasteiger partial charge in [-0.3, -0.25) is 0 Å². The van der Waals surface area contributed by atoms with Gasteiger partial charge in [-0.05, 0) is 21.7 Å². The zero-order valence-corrected chi connectivity index (χ0v) is 32.0. The average molecular weight is 791 g/mol. The van der Waals surface area contributed by atoms with Gasteiger partial charge in [-0.1, -0.05) is 131 Å². The quantitative estimate of drug-likeness (QED) is 0.130. The Labute approximate surface area is 217 Å². The average Bonchev–Trinajstić information content (AvgIpc) is 2.64. The van der Waals surface area contributed by atoms with Gasteiger partial charge >= 0.3 is 49.2 Å². The molecule has 6 atom stereocenters. The molecule has 0 bridgehead atoms. The summed E-state index contributed by atoms with van der Waals surface area (Å²) in [6.07, 6.45) is 0. The molecule has 5 saturated heterocycles. The van der Waals surface area contributed by atoms with Gasteiger partial charge in [0.25, 0.3) is 0 Å². The zero-order chi connectivity index (χ0) is 22.4. The summed E-state index contributed by atoms with van der Waals surface area (Å²) in [4.78, 5) is 0. The van der Waals surface area contributed by atoms with E-state index in [-0.39, 0.29) is 31.1 Å². The Morgan fingerprint density at radius 2 is 0.793 bits per heavy atom. The van der Waals surface area contributed by atoms with Crippen molar-refractivity contribution in [1.29, 1.82) is 0 Å². The van der Waals surface area contributed by atoms with Crippen molar-refractivity contribution in [3.05, 3.63) is 0 Å². The minimum absolute atomic E-state index is 0.213. The maximum atomic E-state index is 2.66. The second-order valence-corrected chi connectivity index (χ2v) is 49.8. The third-order valence-corrected chi connectivity index (χ3v) is 51.3. The number of hydrogen-bond donors (Lipinski definition) is 0. The first-order chi connectivity index (χ1) is 12.8. The van der Waals surface area contributed by atoms with Crippen LogP contribution in [0.1, 0.15) is 83.1 Å². The number of fused-ring (bicyclic) bond motifs is 2. The maximum absolute atomic E-state index is 2.66. The van der Waals surface area contributed by atoms with E-state index in [1.165, 1.54) is 16.5 Å².